The average molecular weight is 298 g/mol. The van der Waals surface area contributed by atoms with Crippen molar-refractivity contribution in [2.24, 2.45) is 0 Å². The van der Waals surface area contributed by atoms with Crippen molar-refractivity contribution in [3.63, 3.8) is 0 Å². The third-order valence-electron chi connectivity index (χ3n) is 3.14. The number of rotatable bonds is 5. The lowest BCUT2D eigenvalue weighted by atomic mass is 10.1. The van der Waals surface area contributed by atoms with Crippen LogP contribution in [-0.2, 0) is 4.79 Å². The van der Waals surface area contributed by atoms with Crippen molar-refractivity contribution in [2.45, 2.75) is 6.92 Å². The molecule has 0 bridgehead atoms. The molecule has 0 atom stereocenters. The lowest BCUT2D eigenvalue weighted by Crippen LogP contribution is -2.09. The fraction of sp³-hybridized carbons (Fsp3) is 0.167. The molecule has 0 unspecified atom stereocenters. The standard InChI is InChI=1S/C18H18O4/c1-12(2)18(19)22-16-10-7-14(11-17(16)21-4)13-5-8-15(20-3)9-6-13/h5-11H,1H2,2-4H3. The molecule has 2 aromatic rings. The highest BCUT2D eigenvalue weighted by molar-refractivity contribution is 5.89. The fourth-order valence-corrected chi connectivity index (χ4v) is 1.90. The molecule has 0 aromatic heterocycles. The Morgan fingerprint density at radius 2 is 1.55 bits per heavy atom. The summed E-state index contributed by atoms with van der Waals surface area (Å²) in [5, 5.41) is 0. The van der Waals surface area contributed by atoms with Gasteiger partial charge < -0.3 is 14.2 Å². The third kappa shape index (κ3) is 3.47. The lowest BCUT2D eigenvalue weighted by Gasteiger charge is -2.11. The average Bonchev–Trinajstić information content (AvgIpc) is 2.55. The summed E-state index contributed by atoms with van der Waals surface area (Å²) in [7, 11) is 3.16. The highest BCUT2D eigenvalue weighted by Crippen LogP contribution is 2.33. The van der Waals surface area contributed by atoms with Crippen molar-refractivity contribution < 1.29 is 19.0 Å². The molecule has 22 heavy (non-hydrogen) atoms. The van der Waals surface area contributed by atoms with Crippen LogP contribution in [0.4, 0.5) is 0 Å². The maximum absolute atomic E-state index is 11.6. The maximum atomic E-state index is 11.6. The summed E-state index contributed by atoms with van der Waals surface area (Å²) in [6, 6.07) is 13.1. The van der Waals surface area contributed by atoms with Gasteiger partial charge in [0.25, 0.3) is 0 Å². The minimum atomic E-state index is -0.476. The molecule has 0 N–H and O–H groups in total. The highest BCUT2D eigenvalue weighted by Gasteiger charge is 2.12. The Hall–Kier alpha value is -2.75. The molecule has 0 aliphatic heterocycles. The van der Waals surface area contributed by atoms with Gasteiger partial charge in [0.1, 0.15) is 5.75 Å². The zero-order valence-electron chi connectivity index (χ0n) is 12.9. The Morgan fingerprint density at radius 3 is 2.09 bits per heavy atom. The summed E-state index contributed by atoms with van der Waals surface area (Å²) >= 11 is 0. The molecule has 0 saturated heterocycles. The molecule has 4 heteroatoms. The van der Waals surface area contributed by atoms with E-state index in [1.54, 1.807) is 20.1 Å². The Bertz CT molecular complexity index is 687. The van der Waals surface area contributed by atoms with Crippen LogP contribution in [0, 0.1) is 0 Å². The second kappa shape index (κ2) is 6.80. The van der Waals surface area contributed by atoms with Crippen LogP contribution in [0.5, 0.6) is 17.2 Å². The zero-order valence-corrected chi connectivity index (χ0v) is 12.9. The van der Waals surface area contributed by atoms with E-state index in [-0.39, 0.29) is 0 Å². The fourth-order valence-electron chi connectivity index (χ4n) is 1.90. The van der Waals surface area contributed by atoms with Gasteiger partial charge in [-0.25, -0.2) is 4.79 Å². The van der Waals surface area contributed by atoms with Gasteiger partial charge in [0, 0.05) is 5.57 Å². The van der Waals surface area contributed by atoms with Crippen LogP contribution in [0.25, 0.3) is 11.1 Å². The highest BCUT2D eigenvalue weighted by atomic mass is 16.6. The van der Waals surface area contributed by atoms with E-state index in [1.165, 1.54) is 7.11 Å². The molecule has 0 aliphatic rings. The summed E-state index contributed by atoms with van der Waals surface area (Å²) < 4.78 is 15.7. The van der Waals surface area contributed by atoms with Crippen LogP contribution in [-0.4, -0.2) is 20.2 Å². The van der Waals surface area contributed by atoms with E-state index < -0.39 is 5.97 Å². The minimum absolute atomic E-state index is 0.335. The van der Waals surface area contributed by atoms with Gasteiger partial charge in [0.15, 0.2) is 11.5 Å². The topological polar surface area (TPSA) is 44.8 Å². The number of ether oxygens (including phenoxy) is 3. The van der Waals surface area contributed by atoms with E-state index >= 15 is 0 Å². The number of benzene rings is 2. The summed E-state index contributed by atoms with van der Waals surface area (Å²) in [6.45, 7) is 5.16. The molecule has 4 nitrogen and oxygen atoms in total. The molecule has 0 fully saturated rings. The van der Waals surface area contributed by atoms with Gasteiger partial charge in [-0.2, -0.15) is 0 Å². The summed E-state index contributed by atoms with van der Waals surface area (Å²) in [5.41, 5.74) is 2.30. The first-order valence-electron chi connectivity index (χ1n) is 6.75. The molecule has 0 spiro atoms. The molecule has 2 rings (SSSR count). The summed E-state index contributed by atoms with van der Waals surface area (Å²) in [5.74, 6) is 1.17. The Balaban J connectivity index is 2.31. The van der Waals surface area contributed by atoms with Crippen molar-refractivity contribution in [1.29, 1.82) is 0 Å². The van der Waals surface area contributed by atoms with E-state index in [0.717, 1.165) is 16.9 Å². The van der Waals surface area contributed by atoms with Crippen LogP contribution < -0.4 is 14.2 Å². The van der Waals surface area contributed by atoms with Crippen LogP contribution >= 0.6 is 0 Å². The first-order chi connectivity index (χ1) is 10.5. The summed E-state index contributed by atoms with van der Waals surface area (Å²) in [4.78, 5) is 11.6. The first-order valence-corrected chi connectivity index (χ1v) is 6.75. The number of carbonyl (C=O) groups is 1. The number of hydrogen-bond acceptors (Lipinski definition) is 4. The monoisotopic (exact) mass is 298 g/mol. The van der Waals surface area contributed by atoms with Crippen LogP contribution in [0.1, 0.15) is 6.92 Å². The van der Waals surface area contributed by atoms with Gasteiger partial charge in [0.05, 0.1) is 14.2 Å². The van der Waals surface area contributed by atoms with Crippen molar-refractivity contribution in [3.8, 4) is 28.4 Å². The van der Waals surface area contributed by atoms with Crippen LogP contribution in [0.3, 0.4) is 0 Å². The molecular weight excluding hydrogens is 280 g/mol. The van der Waals surface area contributed by atoms with E-state index in [9.17, 15) is 4.79 Å². The largest absolute Gasteiger partial charge is 0.497 e. The quantitative estimate of drug-likeness (QED) is 0.478. The van der Waals surface area contributed by atoms with E-state index in [4.69, 9.17) is 14.2 Å². The third-order valence-corrected chi connectivity index (χ3v) is 3.14. The zero-order chi connectivity index (χ0) is 16.1. The number of methoxy groups -OCH3 is 2. The van der Waals surface area contributed by atoms with Crippen LogP contribution in [0.2, 0.25) is 0 Å². The van der Waals surface area contributed by atoms with Crippen LogP contribution in [0.15, 0.2) is 54.6 Å². The van der Waals surface area contributed by atoms with Crippen molar-refractivity contribution in [1.82, 2.24) is 0 Å². The summed E-state index contributed by atoms with van der Waals surface area (Å²) in [6.07, 6.45) is 0. The molecule has 114 valence electrons. The molecular formula is C18H18O4. The van der Waals surface area contributed by atoms with Crippen molar-refractivity contribution in [3.05, 3.63) is 54.6 Å². The molecule has 0 radical (unpaired) electrons. The second-order valence-electron chi connectivity index (χ2n) is 4.76. The maximum Gasteiger partial charge on any atom is 0.338 e. The number of hydrogen-bond donors (Lipinski definition) is 0. The minimum Gasteiger partial charge on any atom is -0.497 e. The number of carbonyl (C=O) groups excluding carboxylic acids is 1. The molecule has 0 heterocycles. The second-order valence-corrected chi connectivity index (χ2v) is 4.76. The Labute approximate surface area is 129 Å². The van der Waals surface area contributed by atoms with Gasteiger partial charge in [-0.1, -0.05) is 24.8 Å². The molecule has 0 saturated carbocycles. The van der Waals surface area contributed by atoms with Crippen molar-refractivity contribution in [2.75, 3.05) is 14.2 Å². The lowest BCUT2D eigenvalue weighted by molar-refractivity contribution is -0.130. The van der Waals surface area contributed by atoms with E-state index in [2.05, 4.69) is 6.58 Å². The smallest absolute Gasteiger partial charge is 0.338 e. The Morgan fingerprint density at radius 1 is 0.909 bits per heavy atom. The van der Waals surface area contributed by atoms with E-state index in [0.29, 0.717) is 17.1 Å². The van der Waals surface area contributed by atoms with Gasteiger partial charge in [-0.15, -0.1) is 0 Å². The molecule has 0 amide bonds. The predicted octanol–water partition coefficient (Wildman–Crippen LogP) is 3.85. The Kier molecular flexibility index (Phi) is 4.84. The molecule has 0 aliphatic carbocycles. The van der Waals surface area contributed by atoms with Gasteiger partial charge >= 0.3 is 5.97 Å². The van der Waals surface area contributed by atoms with Crippen molar-refractivity contribution >= 4 is 5.97 Å². The SMILES string of the molecule is C=C(C)C(=O)Oc1ccc(-c2ccc(OC)cc2)cc1OC. The molecule has 2 aromatic carbocycles. The van der Waals surface area contributed by atoms with Gasteiger partial charge in [-0.05, 0) is 42.3 Å². The number of esters is 1. The van der Waals surface area contributed by atoms with Gasteiger partial charge in [-0.3, -0.25) is 0 Å². The van der Waals surface area contributed by atoms with Gasteiger partial charge in [0.2, 0.25) is 0 Å². The first kappa shape index (κ1) is 15.6. The predicted molar refractivity (Wildman–Crippen MR) is 85.4 cm³/mol. The van der Waals surface area contributed by atoms with E-state index in [1.807, 2.05) is 36.4 Å². The normalized spacial score (nSPS) is 9.95.